The Bertz CT molecular complexity index is 74.0. The van der Waals surface area contributed by atoms with Gasteiger partial charge in [0, 0.05) is 6.42 Å². The summed E-state index contributed by atoms with van der Waals surface area (Å²) in [6.07, 6.45) is 9.71. The molecule has 0 aromatic heterocycles. The molecule has 1 nitrogen and oxygen atoms in total. The summed E-state index contributed by atoms with van der Waals surface area (Å²) in [4.78, 5) is 0. The van der Waals surface area contributed by atoms with Gasteiger partial charge >= 0.3 is 0 Å². The third-order valence-electron chi connectivity index (χ3n) is 1.87. The molecule has 0 saturated heterocycles. The molecule has 68 valence electrons. The van der Waals surface area contributed by atoms with Crippen molar-refractivity contribution in [3.8, 4) is 0 Å². The summed E-state index contributed by atoms with van der Waals surface area (Å²) >= 11 is 2.40. The minimum Gasteiger partial charge on any atom is -0.347 e. The molecular weight excluding hydrogens is 249 g/mol. The Morgan fingerprint density at radius 1 is 1.09 bits per heavy atom. The first-order chi connectivity index (χ1) is 5.27. The van der Waals surface area contributed by atoms with Crippen LogP contribution in [-0.4, -0.2) is 4.05 Å². The van der Waals surface area contributed by atoms with Gasteiger partial charge in [0.05, 0.1) is 0 Å². The summed E-state index contributed by atoms with van der Waals surface area (Å²) in [5.41, 5.74) is 3.96. The van der Waals surface area contributed by atoms with E-state index in [0.29, 0.717) is 4.05 Å². The number of hydrogen-bond donors (Lipinski definition) is 1. The first-order valence-electron chi connectivity index (χ1n) is 4.74. The Labute approximate surface area is 84.3 Å². The van der Waals surface area contributed by atoms with Crippen LogP contribution in [0.1, 0.15) is 51.9 Å². The highest BCUT2D eigenvalue weighted by molar-refractivity contribution is 14.1. The Morgan fingerprint density at radius 3 is 2.18 bits per heavy atom. The van der Waals surface area contributed by atoms with Crippen molar-refractivity contribution in [2.75, 3.05) is 0 Å². The van der Waals surface area contributed by atoms with Crippen LogP contribution in [0.3, 0.4) is 0 Å². The van der Waals surface area contributed by atoms with Crippen LogP contribution in [0.15, 0.2) is 0 Å². The van der Waals surface area contributed by atoms with Crippen molar-refractivity contribution in [2.45, 2.75) is 55.9 Å². The topological polar surface area (TPSA) is 27.6 Å². The Morgan fingerprint density at radius 2 is 1.64 bits per heavy atom. The van der Waals surface area contributed by atoms with Gasteiger partial charge < -0.3 is 5.73 Å². The monoisotopic (exact) mass is 270 g/mol. The van der Waals surface area contributed by atoms with Crippen LogP contribution >= 0.6 is 22.6 Å². The average Bonchev–Trinajstić information content (AvgIpc) is 1.96. The predicted molar refractivity (Wildman–Crippen MR) is 58.7 cm³/mol. The molecule has 1 atom stereocenters. The molecule has 0 heterocycles. The summed E-state index contributed by atoms with van der Waals surface area (Å²) in [7, 11) is 0. The third kappa shape index (κ3) is 10.7. The van der Waals surface area contributed by atoms with Gasteiger partial charge in [0.25, 0.3) is 0 Å². The number of halogens is 1. The molecule has 0 bridgehead atoms. The van der Waals surface area contributed by atoms with Crippen LogP contribution in [0.25, 0.3) is 0 Å². The molecular formula is C9H21IN+. The fourth-order valence-corrected chi connectivity index (χ4v) is 1.59. The largest absolute Gasteiger partial charge is 0.347 e. The number of unbranched alkanes of at least 4 members (excludes halogenated alkanes) is 5. The maximum Gasteiger partial charge on any atom is 0.135 e. The van der Waals surface area contributed by atoms with Crippen LogP contribution in [0.4, 0.5) is 0 Å². The van der Waals surface area contributed by atoms with Gasteiger partial charge in [-0.05, 0) is 29.0 Å². The van der Waals surface area contributed by atoms with E-state index in [2.05, 4.69) is 35.2 Å². The maximum atomic E-state index is 3.96. The lowest BCUT2D eigenvalue weighted by atomic mass is 10.1. The Balaban J connectivity index is 2.80. The summed E-state index contributed by atoms with van der Waals surface area (Å²) in [5, 5.41) is 0. The first-order valence-corrected chi connectivity index (χ1v) is 5.99. The minimum absolute atomic E-state index is 0.624. The Hall–Kier alpha value is 0.690. The summed E-state index contributed by atoms with van der Waals surface area (Å²) in [6.45, 7) is 2.26. The van der Waals surface area contributed by atoms with Crippen molar-refractivity contribution < 1.29 is 5.73 Å². The fourth-order valence-electron chi connectivity index (χ4n) is 1.15. The number of hydrogen-bond acceptors (Lipinski definition) is 0. The van der Waals surface area contributed by atoms with Gasteiger partial charge in [-0.3, -0.25) is 0 Å². The molecule has 0 aromatic carbocycles. The quantitative estimate of drug-likeness (QED) is 0.319. The highest BCUT2D eigenvalue weighted by Crippen LogP contribution is 2.09. The molecule has 0 aliphatic rings. The zero-order valence-corrected chi connectivity index (χ0v) is 9.77. The molecule has 0 aliphatic carbocycles. The molecule has 0 aromatic rings. The third-order valence-corrected chi connectivity index (χ3v) is 2.49. The van der Waals surface area contributed by atoms with Crippen LogP contribution in [0.2, 0.25) is 0 Å². The standard InChI is InChI=1S/C9H20IN/c1-2-3-4-5-6-7-8-9(10)11/h9H,2-8,11H2,1H3/p+1. The van der Waals surface area contributed by atoms with Gasteiger partial charge in [0.1, 0.15) is 4.05 Å². The van der Waals surface area contributed by atoms with Crippen molar-refractivity contribution in [3.05, 3.63) is 0 Å². The van der Waals surface area contributed by atoms with Crippen molar-refractivity contribution >= 4 is 22.6 Å². The van der Waals surface area contributed by atoms with E-state index in [4.69, 9.17) is 0 Å². The van der Waals surface area contributed by atoms with Crippen LogP contribution in [-0.2, 0) is 0 Å². The number of rotatable bonds is 7. The van der Waals surface area contributed by atoms with E-state index in [1.165, 1.54) is 44.9 Å². The van der Waals surface area contributed by atoms with Crippen molar-refractivity contribution in [3.63, 3.8) is 0 Å². The molecule has 2 heteroatoms. The van der Waals surface area contributed by atoms with E-state index >= 15 is 0 Å². The van der Waals surface area contributed by atoms with Gasteiger partial charge in [-0.25, -0.2) is 0 Å². The molecule has 0 fully saturated rings. The summed E-state index contributed by atoms with van der Waals surface area (Å²) in [6, 6.07) is 0. The molecule has 0 amide bonds. The van der Waals surface area contributed by atoms with E-state index < -0.39 is 0 Å². The lowest BCUT2D eigenvalue weighted by molar-refractivity contribution is -0.379. The smallest absolute Gasteiger partial charge is 0.135 e. The molecule has 0 spiro atoms. The van der Waals surface area contributed by atoms with Crippen LogP contribution in [0, 0.1) is 0 Å². The number of quaternary nitrogens is 1. The highest BCUT2D eigenvalue weighted by Gasteiger charge is 1.97. The second-order valence-corrected chi connectivity index (χ2v) is 4.92. The van der Waals surface area contributed by atoms with Crippen molar-refractivity contribution in [2.24, 2.45) is 0 Å². The van der Waals surface area contributed by atoms with Crippen LogP contribution in [0.5, 0.6) is 0 Å². The van der Waals surface area contributed by atoms with Gasteiger partial charge in [-0.2, -0.15) is 0 Å². The van der Waals surface area contributed by atoms with Gasteiger partial charge in [-0.1, -0.05) is 39.0 Å². The van der Waals surface area contributed by atoms with E-state index in [1.807, 2.05) is 0 Å². The normalized spacial score (nSPS) is 13.4. The maximum absolute atomic E-state index is 3.96. The molecule has 0 saturated carbocycles. The molecule has 0 radical (unpaired) electrons. The highest BCUT2D eigenvalue weighted by atomic mass is 127. The fraction of sp³-hybridized carbons (Fsp3) is 1.00. The summed E-state index contributed by atoms with van der Waals surface area (Å²) in [5.74, 6) is 0. The van der Waals surface area contributed by atoms with Gasteiger partial charge in [0.15, 0.2) is 0 Å². The molecule has 1 unspecified atom stereocenters. The zero-order valence-electron chi connectivity index (χ0n) is 7.61. The molecule has 3 N–H and O–H groups in total. The van der Waals surface area contributed by atoms with Gasteiger partial charge in [0.2, 0.25) is 0 Å². The second kappa shape index (κ2) is 8.78. The van der Waals surface area contributed by atoms with Crippen molar-refractivity contribution in [1.82, 2.24) is 0 Å². The second-order valence-electron chi connectivity index (χ2n) is 3.15. The zero-order chi connectivity index (χ0) is 8.53. The average molecular weight is 270 g/mol. The lowest BCUT2D eigenvalue weighted by Crippen LogP contribution is -2.56. The summed E-state index contributed by atoms with van der Waals surface area (Å²) < 4.78 is 0.624. The van der Waals surface area contributed by atoms with E-state index in [9.17, 15) is 0 Å². The first kappa shape index (κ1) is 11.7. The van der Waals surface area contributed by atoms with Crippen LogP contribution < -0.4 is 5.73 Å². The lowest BCUT2D eigenvalue weighted by Gasteiger charge is -2.00. The van der Waals surface area contributed by atoms with Gasteiger partial charge in [-0.15, -0.1) is 0 Å². The molecule has 11 heavy (non-hydrogen) atoms. The van der Waals surface area contributed by atoms with E-state index in [0.717, 1.165) is 0 Å². The molecule has 0 rings (SSSR count). The molecule has 0 aliphatic heterocycles. The van der Waals surface area contributed by atoms with E-state index in [-0.39, 0.29) is 0 Å². The van der Waals surface area contributed by atoms with E-state index in [1.54, 1.807) is 0 Å². The van der Waals surface area contributed by atoms with Crippen molar-refractivity contribution in [1.29, 1.82) is 0 Å². The Kier molecular flexibility index (Phi) is 9.33. The minimum atomic E-state index is 0.624. The number of alkyl halides is 1. The SMILES string of the molecule is CCCCCCCCC([NH3+])I. The predicted octanol–water partition coefficient (Wildman–Crippen LogP) is 2.74.